The van der Waals surface area contributed by atoms with Gasteiger partial charge in [0.05, 0.1) is 22.3 Å². The van der Waals surface area contributed by atoms with Crippen LogP contribution in [-0.4, -0.2) is 39.1 Å². The number of carbonyl (C=O) groups is 1. The third-order valence-corrected chi connectivity index (χ3v) is 9.14. The number of aromatic hydroxyl groups is 3. The lowest BCUT2D eigenvalue weighted by atomic mass is 9.99. The van der Waals surface area contributed by atoms with E-state index in [1.165, 1.54) is 54.6 Å². The molecule has 0 bridgehead atoms. The lowest BCUT2D eigenvalue weighted by molar-refractivity contribution is 0.103. The average Bonchev–Trinajstić information content (AvgIpc) is 3.48. The summed E-state index contributed by atoms with van der Waals surface area (Å²) in [7, 11) is -4.02. The largest absolute Gasteiger partial charge is 0.508 e. The Morgan fingerprint density at radius 3 is 2.32 bits per heavy atom. The molecule has 2 aromatic heterocycles. The number of sulfone groups is 1. The second kappa shape index (κ2) is 9.53. The molecule has 0 fully saturated rings. The van der Waals surface area contributed by atoms with Crippen molar-refractivity contribution in [3.63, 3.8) is 0 Å². The number of phenols is 1. The third kappa shape index (κ3) is 4.36. The van der Waals surface area contributed by atoms with E-state index in [-0.39, 0.29) is 36.8 Å². The van der Waals surface area contributed by atoms with E-state index in [2.05, 4.69) is 4.98 Å². The minimum absolute atomic E-state index is 0.0264. The summed E-state index contributed by atoms with van der Waals surface area (Å²) in [5.41, 5.74) is 6.57. The maximum atomic E-state index is 13.5. The number of anilines is 1. The Hall–Kier alpha value is -4.32. The summed E-state index contributed by atoms with van der Waals surface area (Å²) in [5, 5.41) is 31.7. The first-order valence-corrected chi connectivity index (χ1v) is 13.6. The van der Waals surface area contributed by atoms with Crippen molar-refractivity contribution >= 4 is 44.2 Å². The number of hydrogen-bond donors (Lipinski definition) is 4. The predicted molar refractivity (Wildman–Crippen MR) is 143 cm³/mol. The van der Waals surface area contributed by atoms with Crippen molar-refractivity contribution < 1.29 is 28.5 Å². The molecule has 0 unspecified atom stereocenters. The smallest absolute Gasteiger partial charge is 0.242 e. The first kappa shape index (κ1) is 25.3. The summed E-state index contributed by atoms with van der Waals surface area (Å²) >= 11 is 6.93. The Kier molecular flexibility index (Phi) is 6.35. The molecule has 5 N–H and O–H groups in total. The second-order valence-corrected chi connectivity index (χ2v) is 11.8. The van der Waals surface area contributed by atoms with Crippen molar-refractivity contribution in [3.05, 3.63) is 95.1 Å². The summed E-state index contributed by atoms with van der Waals surface area (Å²) in [6, 6.07) is 17.4. The van der Waals surface area contributed by atoms with Crippen molar-refractivity contribution in [1.82, 2.24) is 9.55 Å². The van der Waals surface area contributed by atoms with Crippen LogP contribution in [0, 0.1) is 0 Å². The highest BCUT2D eigenvalue weighted by atomic mass is 35.5. The van der Waals surface area contributed by atoms with Gasteiger partial charge >= 0.3 is 0 Å². The zero-order chi connectivity index (χ0) is 27.2. The van der Waals surface area contributed by atoms with E-state index in [1.807, 2.05) is 0 Å². The van der Waals surface area contributed by atoms with Crippen LogP contribution in [0.1, 0.15) is 15.9 Å². The maximum absolute atomic E-state index is 13.5. The maximum Gasteiger partial charge on any atom is 0.242 e. The number of thiazole rings is 1. The van der Waals surface area contributed by atoms with Gasteiger partial charge in [-0.2, -0.15) is 0 Å². The van der Waals surface area contributed by atoms with Gasteiger partial charge in [-0.05, 0) is 60.7 Å². The van der Waals surface area contributed by atoms with E-state index in [1.54, 1.807) is 18.2 Å². The highest BCUT2D eigenvalue weighted by Crippen LogP contribution is 2.45. The number of halogens is 1. The number of nitrogens with zero attached hydrogens (tertiary/aromatic N) is 2. The van der Waals surface area contributed by atoms with Gasteiger partial charge in [-0.25, -0.2) is 13.4 Å². The van der Waals surface area contributed by atoms with Gasteiger partial charge in [0.2, 0.25) is 15.7 Å². The van der Waals surface area contributed by atoms with Crippen LogP contribution in [0.3, 0.4) is 0 Å². The molecule has 0 spiro atoms. The molecule has 0 aliphatic heterocycles. The van der Waals surface area contributed by atoms with Gasteiger partial charge in [-0.3, -0.25) is 9.36 Å². The van der Waals surface area contributed by atoms with Gasteiger partial charge in [0, 0.05) is 21.8 Å². The number of nitrogen functional groups attached to an aromatic ring is 1. The lowest BCUT2D eigenvalue weighted by Gasteiger charge is -2.10. The number of rotatable bonds is 6. The Bertz CT molecular complexity index is 1790. The van der Waals surface area contributed by atoms with Gasteiger partial charge in [0.25, 0.3) is 0 Å². The molecule has 3 aromatic carbocycles. The van der Waals surface area contributed by atoms with Crippen LogP contribution in [0.25, 0.3) is 16.4 Å². The monoisotopic (exact) mass is 567 g/mol. The molecule has 9 nitrogen and oxygen atoms in total. The molecule has 192 valence electrons. The summed E-state index contributed by atoms with van der Waals surface area (Å²) in [6.45, 7) is 0. The molecule has 0 saturated carbocycles. The Balaban J connectivity index is 1.72. The number of carbonyl (C=O) groups excluding carboxylic acids is 1. The molecule has 0 aliphatic rings. The minimum atomic E-state index is -4.02. The first-order chi connectivity index (χ1) is 18.1. The van der Waals surface area contributed by atoms with E-state index in [0.29, 0.717) is 16.3 Å². The quantitative estimate of drug-likeness (QED) is 0.165. The third-order valence-electron chi connectivity index (χ3n) is 5.69. The molecule has 5 aromatic rings. The van der Waals surface area contributed by atoms with Crippen molar-refractivity contribution in [1.29, 1.82) is 0 Å². The van der Waals surface area contributed by atoms with Crippen LogP contribution in [0.15, 0.2) is 88.1 Å². The fraction of sp³-hybridized carbons (Fsp3) is 0. The van der Waals surface area contributed by atoms with Crippen molar-refractivity contribution in [2.75, 3.05) is 5.73 Å². The molecule has 38 heavy (non-hydrogen) atoms. The van der Waals surface area contributed by atoms with Crippen molar-refractivity contribution in [2.24, 2.45) is 0 Å². The molecular formula is C26H18ClN3O6S2. The van der Waals surface area contributed by atoms with Crippen molar-refractivity contribution in [2.45, 2.75) is 9.10 Å². The second-order valence-electron chi connectivity index (χ2n) is 8.15. The molecule has 0 atom stereocenters. The highest BCUT2D eigenvalue weighted by Gasteiger charge is 2.32. The van der Waals surface area contributed by atoms with Gasteiger partial charge in [-0.15, -0.1) is 0 Å². The topological polar surface area (TPSA) is 156 Å². The number of phenolic OH excluding ortho intramolecular Hbond substituents is 1. The molecule has 0 saturated heterocycles. The van der Waals surface area contributed by atoms with Crippen molar-refractivity contribution in [3.8, 4) is 33.8 Å². The Morgan fingerprint density at radius 2 is 1.66 bits per heavy atom. The minimum Gasteiger partial charge on any atom is -0.508 e. The molecular weight excluding hydrogens is 550 g/mol. The van der Waals surface area contributed by atoms with Crippen LogP contribution in [0.5, 0.6) is 17.4 Å². The van der Waals surface area contributed by atoms with Crippen LogP contribution >= 0.6 is 22.9 Å². The van der Waals surface area contributed by atoms with Crippen LogP contribution < -0.4 is 5.73 Å². The van der Waals surface area contributed by atoms with Gasteiger partial charge in [0.15, 0.2) is 16.7 Å². The number of nitrogens with two attached hydrogens (primary N) is 1. The van der Waals surface area contributed by atoms with Crippen LogP contribution in [-0.2, 0) is 9.84 Å². The van der Waals surface area contributed by atoms with E-state index in [4.69, 9.17) is 17.3 Å². The number of ketones is 1. The number of hydrogen-bond acceptors (Lipinski definition) is 9. The SMILES string of the molecule is Nc1ccc(C(=O)c2c(O)c(O)n(-c3ncc(S(=O)(=O)c4ccc(O)cc4)s3)c2-c2cccc(Cl)c2)cc1. The van der Waals surface area contributed by atoms with Gasteiger partial charge < -0.3 is 21.1 Å². The highest BCUT2D eigenvalue weighted by molar-refractivity contribution is 7.93. The molecule has 0 aliphatic carbocycles. The average molecular weight is 568 g/mol. The summed E-state index contributed by atoms with van der Waals surface area (Å²) in [4.78, 5) is 17.7. The molecule has 2 heterocycles. The van der Waals surface area contributed by atoms with E-state index in [9.17, 15) is 28.5 Å². The first-order valence-electron chi connectivity index (χ1n) is 10.9. The summed E-state index contributed by atoms with van der Waals surface area (Å²) in [6.07, 6.45) is 1.11. The molecule has 0 radical (unpaired) electrons. The van der Waals surface area contributed by atoms with E-state index in [0.717, 1.165) is 22.1 Å². The zero-order valence-electron chi connectivity index (χ0n) is 19.2. The number of aromatic nitrogens is 2. The van der Waals surface area contributed by atoms with E-state index < -0.39 is 27.2 Å². The standard InChI is InChI=1S/C26H18ClN3O6S2/c27-16-3-1-2-15(12-16)22-21(23(32)14-4-6-17(28)7-5-14)24(33)25(34)30(22)26-29-13-20(37-26)38(35,36)19-10-8-18(31)9-11-19/h1-13,31,33-34H,28H2. The zero-order valence-corrected chi connectivity index (χ0v) is 21.6. The predicted octanol–water partition coefficient (Wildman–Crippen LogP) is 5.02. The van der Waals surface area contributed by atoms with E-state index >= 15 is 0 Å². The van der Waals surface area contributed by atoms with Crippen LogP contribution in [0.4, 0.5) is 5.69 Å². The lowest BCUT2D eigenvalue weighted by Crippen LogP contribution is -2.05. The normalized spacial score (nSPS) is 11.5. The summed E-state index contributed by atoms with van der Waals surface area (Å²) < 4.78 is 27.3. The fourth-order valence-electron chi connectivity index (χ4n) is 3.86. The summed E-state index contributed by atoms with van der Waals surface area (Å²) in [5.74, 6) is -2.12. The molecule has 12 heteroatoms. The Morgan fingerprint density at radius 1 is 0.974 bits per heavy atom. The fourth-order valence-corrected chi connectivity index (χ4v) is 6.58. The van der Waals surface area contributed by atoms with Gasteiger partial charge in [0.1, 0.15) is 9.96 Å². The van der Waals surface area contributed by atoms with Gasteiger partial charge in [-0.1, -0.05) is 35.1 Å². The van der Waals surface area contributed by atoms with Crippen LogP contribution in [0.2, 0.25) is 5.02 Å². The molecule has 5 rings (SSSR count). The Labute approximate surface area is 225 Å². The molecule has 0 amide bonds. The number of benzene rings is 3.